The molecular weight excluding hydrogens is 304 g/mol. The van der Waals surface area contributed by atoms with Crippen molar-refractivity contribution in [2.24, 2.45) is 11.8 Å². The van der Waals surface area contributed by atoms with Crippen molar-refractivity contribution in [3.05, 3.63) is 23.8 Å². The third-order valence-corrected chi connectivity index (χ3v) is 4.68. The summed E-state index contributed by atoms with van der Waals surface area (Å²) < 4.78 is 10.6. The van der Waals surface area contributed by atoms with Crippen molar-refractivity contribution in [2.75, 3.05) is 38.7 Å². The van der Waals surface area contributed by atoms with Crippen molar-refractivity contribution in [3.63, 3.8) is 0 Å². The SMILES string of the molecule is COCCOc1ccc(NC(=O)CC(C)C2CCCNC2)c(C)c1. The number of hydrogen-bond acceptors (Lipinski definition) is 4. The molecule has 1 aliphatic rings. The largest absolute Gasteiger partial charge is 0.491 e. The molecule has 134 valence electrons. The molecule has 24 heavy (non-hydrogen) atoms. The van der Waals surface area contributed by atoms with E-state index in [-0.39, 0.29) is 5.91 Å². The Bertz CT molecular complexity index is 527. The number of nitrogens with one attached hydrogen (secondary N) is 2. The minimum atomic E-state index is 0.0872. The summed E-state index contributed by atoms with van der Waals surface area (Å²) in [6.07, 6.45) is 2.99. The quantitative estimate of drug-likeness (QED) is 0.718. The maximum Gasteiger partial charge on any atom is 0.224 e. The topological polar surface area (TPSA) is 59.6 Å². The summed E-state index contributed by atoms with van der Waals surface area (Å²) in [5.41, 5.74) is 1.86. The van der Waals surface area contributed by atoms with Gasteiger partial charge in [-0.15, -0.1) is 0 Å². The highest BCUT2D eigenvalue weighted by molar-refractivity contribution is 5.91. The van der Waals surface area contributed by atoms with Gasteiger partial charge in [-0.3, -0.25) is 4.79 Å². The number of amides is 1. The van der Waals surface area contributed by atoms with Crippen LogP contribution in [0.3, 0.4) is 0 Å². The zero-order valence-electron chi connectivity index (χ0n) is 15.1. The number of rotatable bonds is 8. The van der Waals surface area contributed by atoms with Gasteiger partial charge in [-0.25, -0.2) is 0 Å². The number of methoxy groups -OCH3 is 1. The first-order valence-electron chi connectivity index (χ1n) is 8.83. The highest BCUT2D eigenvalue weighted by Crippen LogP contribution is 2.25. The molecule has 1 amide bonds. The van der Waals surface area contributed by atoms with E-state index in [1.165, 1.54) is 12.8 Å². The van der Waals surface area contributed by atoms with Gasteiger partial charge >= 0.3 is 0 Å². The lowest BCUT2D eigenvalue weighted by molar-refractivity contribution is -0.117. The molecule has 2 atom stereocenters. The summed E-state index contributed by atoms with van der Waals surface area (Å²) in [5.74, 6) is 1.88. The van der Waals surface area contributed by atoms with Crippen molar-refractivity contribution >= 4 is 11.6 Å². The molecule has 2 unspecified atom stereocenters. The van der Waals surface area contributed by atoms with Gasteiger partial charge in [0.25, 0.3) is 0 Å². The van der Waals surface area contributed by atoms with Crippen molar-refractivity contribution in [1.82, 2.24) is 5.32 Å². The van der Waals surface area contributed by atoms with E-state index in [0.717, 1.165) is 30.1 Å². The van der Waals surface area contributed by atoms with Crippen LogP contribution in [0.25, 0.3) is 0 Å². The number of piperidine rings is 1. The van der Waals surface area contributed by atoms with Crippen LogP contribution in [0, 0.1) is 18.8 Å². The minimum absolute atomic E-state index is 0.0872. The van der Waals surface area contributed by atoms with Gasteiger partial charge < -0.3 is 20.1 Å². The smallest absolute Gasteiger partial charge is 0.224 e. The normalized spacial score (nSPS) is 18.9. The second-order valence-corrected chi connectivity index (χ2v) is 6.65. The number of carbonyl (C=O) groups excluding carboxylic acids is 1. The van der Waals surface area contributed by atoms with E-state index >= 15 is 0 Å². The molecule has 0 spiro atoms. The first-order valence-corrected chi connectivity index (χ1v) is 8.83. The molecule has 0 aromatic heterocycles. The number of hydrogen-bond donors (Lipinski definition) is 2. The Kier molecular flexibility index (Phi) is 7.53. The van der Waals surface area contributed by atoms with E-state index in [1.807, 2.05) is 25.1 Å². The molecule has 1 heterocycles. The van der Waals surface area contributed by atoms with Gasteiger partial charge in [0, 0.05) is 19.2 Å². The molecule has 1 aromatic rings. The second kappa shape index (κ2) is 9.64. The maximum atomic E-state index is 12.3. The Labute approximate surface area is 145 Å². The first kappa shape index (κ1) is 18.7. The summed E-state index contributed by atoms with van der Waals surface area (Å²) in [5, 5.41) is 6.46. The number of benzene rings is 1. The third kappa shape index (κ3) is 5.80. The molecule has 0 bridgehead atoms. The van der Waals surface area contributed by atoms with E-state index in [2.05, 4.69) is 17.6 Å². The molecule has 5 nitrogen and oxygen atoms in total. The lowest BCUT2D eigenvalue weighted by atomic mass is 9.85. The second-order valence-electron chi connectivity index (χ2n) is 6.65. The molecule has 1 fully saturated rings. The maximum absolute atomic E-state index is 12.3. The lowest BCUT2D eigenvalue weighted by Crippen LogP contribution is -2.34. The van der Waals surface area contributed by atoms with Crippen molar-refractivity contribution in [3.8, 4) is 5.75 Å². The fourth-order valence-corrected chi connectivity index (χ4v) is 3.13. The van der Waals surface area contributed by atoms with Gasteiger partial charge in [0.2, 0.25) is 5.91 Å². The molecule has 2 rings (SSSR count). The highest BCUT2D eigenvalue weighted by atomic mass is 16.5. The zero-order valence-corrected chi connectivity index (χ0v) is 15.1. The van der Waals surface area contributed by atoms with E-state index in [0.29, 0.717) is 31.5 Å². The Morgan fingerprint density at radius 3 is 2.92 bits per heavy atom. The third-order valence-electron chi connectivity index (χ3n) is 4.68. The lowest BCUT2D eigenvalue weighted by Gasteiger charge is -2.28. The van der Waals surface area contributed by atoms with E-state index in [4.69, 9.17) is 9.47 Å². The molecule has 1 saturated heterocycles. The van der Waals surface area contributed by atoms with Gasteiger partial charge in [0.15, 0.2) is 0 Å². The van der Waals surface area contributed by atoms with Crippen LogP contribution in [-0.4, -0.2) is 39.3 Å². The zero-order chi connectivity index (χ0) is 17.4. The summed E-state index contributed by atoms with van der Waals surface area (Å²) in [7, 11) is 1.65. The first-order chi connectivity index (χ1) is 11.6. The van der Waals surface area contributed by atoms with Crippen molar-refractivity contribution in [2.45, 2.75) is 33.1 Å². The standard InChI is InChI=1S/C19H30N2O3/c1-14(16-5-4-8-20-13-16)12-19(22)21-18-7-6-17(11-15(18)2)24-10-9-23-3/h6-7,11,14,16,20H,4-5,8-10,12-13H2,1-3H3,(H,21,22). The van der Waals surface area contributed by atoms with Crippen LogP contribution in [-0.2, 0) is 9.53 Å². The summed E-state index contributed by atoms with van der Waals surface area (Å²) >= 11 is 0. The Morgan fingerprint density at radius 1 is 1.42 bits per heavy atom. The van der Waals surface area contributed by atoms with Gasteiger partial charge in [0.05, 0.1) is 6.61 Å². The van der Waals surface area contributed by atoms with Crippen LogP contribution >= 0.6 is 0 Å². The van der Waals surface area contributed by atoms with Gasteiger partial charge in [-0.1, -0.05) is 6.92 Å². The van der Waals surface area contributed by atoms with Gasteiger partial charge in [0.1, 0.15) is 12.4 Å². The summed E-state index contributed by atoms with van der Waals surface area (Å²) in [6, 6.07) is 5.73. The van der Waals surface area contributed by atoms with Crippen LogP contribution in [0.4, 0.5) is 5.69 Å². The molecule has 5 heteroatoms. The number of aryl methyl sites for hydroxylation is 1. The van der Waals surface area contributed by atoms with Crippen LogP contribution < -0.4 is 15.4 Å². The summed E-state index contributed by atoms with van der Waals surface area (Å²) in [4.78, 5) is 12.3. The van der Waals surface area contributed by atoms with E-state index in [1.54, 1.807) is 7.11 Å². The summed E-state index contributed by atoms with van der Waals surface area (Å²) in [6.45, 7) is 7.37. The number of ether oxygens (including phenoxy) is 2. The molecule has 0 saturated carbocycles. The number of anilines is 1. The van der Waals surface area contributed by atoms with Gasteiger partial charge in [-0.05, 0) is 68.5 Å². The van der Waals surface area contributed by atoms with E-state index < -0.39 is 0 Å². The van der Waals surface area contributed by atoms with Crippen LogP contribution in [0.1, 0.15) is 31.7 Å². The monoisotopic (exact) mass is 334 g/mol. The van der Waals surface area contributed by atoms with Crippen LogP contribution in [0.2, 0.25) is 0 Å². The Balaban J connectivity index is 1.84. The number of carbonyl (C=O) groups is 1. The molecule has 1 aromatic carbocycles. The van der Waals surface area contributed by atoms with Gasteiger partial charge in [-0.2, -0.15) is 0 Å². The fourth-order valence-electron chi connectivity index (χ4n) is 3.13. The van der Waals surface area contributed by atoms with Crippen molar-refractivity contribution in [1.29, 1.82) is 0 Å². The predicted octanol–water partition coefficient (Wildman–Crippen LogP) is 2.98. The minimum Gasteiger partial charge on any atom is -0.491 e. The Hall–Kier alpha value is -1.59. The molecular formula is C19H30N2O3. The highest BCUT2D eigenvalue weighted by Gasteiger charge is 2.22. The predicted molar refractivity (Wildman–Crippen MR) is 96.6 cm³/mol. The molecule has 0 aliphatic carbocycles. The molecule has 0 radical (unpaired) electrons. The fraction of sp³-hybridized carbons (Fsp3) is 0.632. The average molecular weight is 334 g/mol. The molecule has 1 aliphatic heterocycles. The van der Waals surface area contributed by atoms with E-state index in [9.17, 15) is 4.79 Å². The average Bonchev–Trinajstić information content (AvgIpc) is 2.58. The molecule has 2 N–H and O–H groups in total. The van der Waals surface area contributed by atoms with Crippen LogP contribution in [0.15, 0.2) is 18.2 Å². The van der Waals surface area contributed by atoms with Crippen LogP contribution in [0.5, 0.6) is 5.75 Å². The Morgan fingerprint density at radius 2 is 2.25 bits per heavy atom. The van der Waals surface area contributed by atoms with Crippen molar-refractivity contribution < 1.29 is 14.3 Å².